The lowest BCUT2D eigenvalue weighted by Gasteiger charge is -2.30. The maximum atomic E-state index is 11.4. The first-order valence-electron chi connectivity index (χ1n) is 4.41. The molecule has 0 saturated heterocycles. The average Bonchev–Trinajstić information content (AvgIpc) is 2.16. The number of nitrogens with two attached hydrogens (primary N) is 2. The van der Waals surface area contributed by atoms with E-state index in [0.717, 1.165) is 4.90 Å². The fourth-order valence-corrected chi connectivity index (χ4v) is 1.09. The van der Waals surface area contributed by atoms with Gasteiger partial charge in [0.05, 0.1) is 0 Å². The van der Waals surface area contributed by atoms with Crippen LogP contribution in [-0.2, 0) is 9.59 Å². The van der Waals surface area contributed by atoms with Crippen molar-refractivity contribution in [1.29, 1.82) is 0 Å². The van der Waals surface area contributed by atoms with Crippen LogP contribution >= 0.6 is 0 Å². The summed E-state index contributed by atoms with van der Waals surface area (Å²) in [6, 6.07) is -2.37. The second-order valence-corrected chi connectivity index (χ2v) is 3.12. The van der Waals surface area contributed by atoms with Crippen LogP contribution in [0.2, 0.25) is 0 Å². The molecule has 0 saturated carbocycles. The molecule has 7 nitrogen and oxygen atoms in total. The van der Waals surface area contributed by atoms with E-state index in [4.69, 9.17) is 11.5 Å². The third kappa shape index (κ3) is 3.12. The van der Waals surface area contributed by atoms with Crippen LogP contribution in [-0.4, -0.2) is 41.9 Å². The summed E-state index contributed by atoms with van der Waals surface area (Å²) in [5, 5.41) is 2.31. The van der Waals surface area contributed by atoms with Crippen LogP contribution in [0.1, 0.15) is 13.8 Å². The number of primary amides is 2. The second kappa shape index (κ2) is 5.18. The maximum Gasteiger partial charge on any atom is 0.318 e. The molecule has 0 radical (unpaired) electrons. The lowest BCUT2D eigenvalue weighted by molar-refractivity contribution is -0.126. The molecule has 0 heterocycles. The Balaban J connectivity index is 4.96. The number of rotatable bonds is 4. The SMILES string of the molecule is CNC(=O)N(C(C)C(N)=O)C(C)C(N)=O. The molecule has 86 valence electrons. The maximum absolute atomic E-state index is 11.4. The number of nitrogens with one attached hydrogen (secondary N) is 1. The van der Waals surface area contributed by atoms with Gasteiger partial charge in [-0.1, -0.05) is 0 Å². The molecule has 15 heavy (non-hydrogen) atoms. The van der Waals surface area contributed by atoms with E-state index in [9.17, 15) is 14.4 Å². The van der Waals surface area contributed by atoms with E-state index in [1.54, 1.807) is 0 Å². The van der Waals surface area contributed by atoms with E-state index in [1.807, 2.05) is 0 Å². The van der Waals surface area contributed by atoms with Gasteiger partial charge in [0.2, 0.25) is 11.8 Å². The lowest BCUT2D eigenvalue weighted by Crippen LogP contribution is -2.56. The van der Waals surface area contributed by atoms with Crippen LogP contribution in [0.15, 0.2) is 0 Å². The van der Waals surface area contributed by atoms with Gasteiger partial charge in [-0.2, -0.15) is 0 Å². The average molecular weight is 216 g/mol. The van der Waals surface area contributed by atoms with Crippen LogP contribution in [0.4, 0.5) is 4.79 Å². The quantitative estimate of drug-likeness (QED) is 0.523. The summed E-state index contributed by atoms with van der Waals surface area (Å²) in [6.07, 6.45) is 0. The Morgan fingerprint density at radius 3 is 1.60 bits per heavy atom. The highest BCUT2D eigenvalue weighted by Gasteiger charge is 2.30. The van der Waals surface area contributed by atoms with E-state index in [1.165, 1.54) is 20.9 Å². The second-order valence-electron chi connectivity index (χ2n) is 3.12. The standard InChI is InChI=1S/C8H16N4O3/c1-4(6(9)13)12(8(15)11-3)5(2)7(10)14/h4-5H,1-3H3,(H2,9,13)(H2,10,14)(H,11,15). The molecule has 0 aliphatic carbocycles. The molecule has 0 aliphatic rings. The van der Waals surface area contributed by atoms with E-state index < -0.39 is 29.9 Å². The Hall–Kier alpha value is -1.79. The normalized spacial score (nSPS) is 13.8. The first kappa shape index (κ1) is 13.2. The first-order valence-corrected chi connectivity index (χ1v) is 4.41. The number of amides is 4. The van der Waals surface area contributed by atoms with Gasteiger partial charge in [0.25, 0.3) is 0 Å². The summed E-state index contributed by atoms with van der Waals surface area (Å²) >= 11 is 0. The van der Waals surface area contributed by atoms with Crippen LogP contribution in [0, 0.1) is 0 Å². The van der Waals surface area contributed by atoms with Gasteiger partial charge in [0.15, 0.2) is 0 Å². The molecule has 7 heteroatoms. The van der Waals surface area contributed by atoms with Gasteiger partial charge in [-0.3, -0.25) is 9.59 Å². The molecular formula is C8H16N4O3. The molecule has 5 N–H and O–H groups in total. The minimum Gasteiger partial charge on any atom is -0.368 e. The summed E-state index contributed by atoms with van der Waals surface area (Å²) in [5.41, 5.74) is 10.1. The van der Waals surface area contributed by atoms with Crippen molar-refractivity contribution in [1.82, 2.24) is 10.2 Å². The van der Waals surface area contributed by atoms with E-state index in [2.05, 4.69) is 5.32 Å². The highest BCUT2D eigenvalue weighted by molar-refractivity contribution is 5.90. The molecule has 0 aliphatic heterocycles. The third-order valence-electron chi connectivity index (χ3n) is 2.11. The fourth-order valence-electron chi connectivity index (χ4n) is 1.09. The van der Waals surface area contributed by atoms with Crippen molar-refractivity contribution >= 4 is 17.8 Å². The van der Waals surface area contributed by atoms with Crippen LogP contribution in [0.5, 0.6) is 0 Å². The van der Waals surface area contributed by atoms with Gasteiger partial charge in [-0.05, 0) is 13.8 Å². The molecule has 0 rings (SSSR count). The van der Waals surface area contributed by atoms with Gasteiger partial charge in [0, 0.05) is 7.05 Å². The largest absolute Gasteiger partial charge is 0.368 e. The highest BCUT2D eigenvalue weighted by Crippen LogP contribution is 2.05. The molecule has 0 aromatic heterocycles. The molecule has 4 amide bonds. The lowest BCUT2D eigenvalue weighted by atomic mass is 10.2. The molecule has 0 spiro atoms. The number of urea groups is 1. The zero-order valence-corrected chi connectivity index (χ0v) is 8.98. The summed E-state index contributed by atoms with van der Waals surface area (Å²) in [6.45, 7) is 2.86. The van der Waals surface area contributed by atoms with Crippen molar-refractivity contribution in [2.45, 2.75) is 25.9 Å². The van der Waals surface area contributed by atoms with Crippen molar-refractivity contribution < 1.29 is 14.4 Å². The van der Waals surface area contributed by atoms with Gasteiger partial charge >= 0.3 is 6.03 Å². The topological polar surface area (TPSA) is 119 Å². The Kier molecular flexibility index (Phi) is 4.56. The van der Waals surface area contributed by atoms with Crippen molar-refractivity contribution in [3.63, 3.8) is 0 Å². The zero-order chi connectivity index (χ0) is 12.2. The van der Waals surface area contributed by atoms with Crippen molar-refractivity contribution in [3.8, 4) is 0 Å². The summed E-state index contributed by atoms with van der Waals surface area (Å²) in [7, 11) is 1.39. The Morgan fingerprint density at radius 2 is 1.40 bits per heavy atom. The summed E-state index contributed by atoms with van der Waals surface area (Å²) in [4.78, 5) is 34.3. The number of hydrogen-bond acceptors (Lipinski definition) is 3. The van der Waals surface area contributed by atoms with Crippen LogP contribution < -0.4 is 16.8 Å². The number of hydrogen-bond donors (Lipinski definition) is 3. The molecule has 2 atom stereocenters. The van der Waals surface area contributed by atoms with Crippen LogP contribution in [0.25, 0.3) is 0 Å². The van der Waals surface area contributed by atoms with Crippen molar-refractivity contribution in [2.24, 2.45) is 11.5 Å². The Labute approximate surface area is 87.8 Å². The minimum absolute atomic E-state index is 0.576. The Morgan fingerprint density at radius 1 is 1.07 bits per heavy atom. The first-order chi connectivity index (χ1) is 6.82. The molecule has 0 fully saturated rings. The minimum atomic E-state index is -0.896. The number of nitrogens with zero attached hydrogens (tertiary/aromatic N) is 1. The zero-order valence-electron chi connectivity index (χ0n) is 8.98. The molecule has 2 unspecified atom stereocenters. The van der Waals surface area contributed by atoms with Crippen molar-refractivity contribution in [2.75, 3.05) is 7.05 Å². The third-order valence-corrected chi connectivity index (χ3v) is 2.11. The van der Waals surface area contributed by atoms with Gasteiger partial charge < -0.3 is 21.7 Å². The molecule has 0 aromatic rings. The smallest absolute Gasteiger partial charge is 0.318 e. The van der Waals surface area contributed by atoms with Gasteiger partial charge in [-0.25, -0.2) is 4.79 Å². The Bertz CT molecular complexity index is 259. The summed E-state index contributed by atoms with van der Waals surface area (Å²) in [5.74, 6) is -1.40. The highest BCUT2D eigenvalue weighted by atomic mass is 16.2. The molecular weight excluding hydrogens is 200 g/mol. The number of carbonyl (C=O) groups excluding carboxylic acids is 3. The van der Waals surface area contributed by atoms with Crippen molar-refractivity contribution in [3.05, 3.63) is 0 Å². The van der Waals surface area contributed by atoms with Crippen LogP contribution in [0.3, 0.4) is 0 Å². The summed E-state index contributed by atoms with van der Waals surface area (Å²) < 4.78 is 0. The molecule has 0 aromatic carbocycles. The number of carbonyl (C=O) groups is 3. The van der Waals surface area contributed by atoms with Gasteiger partial charge in [0.1, 0.15) is 12.1 Å². The monoisotopic (exact) mass is 216 g/mol. The van der Waals surface area contributed by atoms with E-state index >= 15 is 0 Å². The fraction of sp³-hybridized carbons (Fsp3) is 0.625. The molecule has 0 bridgehead atoms. The van der Waals surface area contributed by atoms with E-state index in [-0.39, 0.29) is 0 Å². The predicted molar refractivity (Wildman–Crippen MR) is 53.6 cm³/mol. The van der Waals surface area contributed by atoms with Gasteiger partial charge in [-0.15, -0.1) is 0 Å². The van der Waals surface area contributed by atoms with E-state index in [0.29, 0.717) is 0 Å². The predicted octanol–water partition coefficient (Wildman–Crippen LogP) is -1.62.